The second-order valence-electron chi connectivity index (χ2n) is 7.24. The van der Waals surface area contributed by atoms with Crippen LogP contribution in [0.3, 0.4) is 0 Å². The maximum absolute atomic E-state index is 12.9. The van der Waals surface area contributed by atoms with Crippen LogP contribution in [0.1, 0.15) is 41.9 Å². The Hall–Kier alpha value is -2.87. The number of piperidine rings is 1. The summed E-state index contributed by atoms with van der Waals surface area (Å²) in [7, 11) is 0. The first-order chi connectivity index (χ1) is 14.6. The number of carbonyl (C=O) groups excluding carboxylic acids is 2. The second kappa shape index (κ2) is 8.87. The van der Waals surface area contributed by atoms with E-state index in [9.17, 15) is 9.59 Å². The molecule has 30 heavy (non-hydrogen) atoms. The summed E-state index contributed by atoms with van der Waals surface area (Å²) in [6.45, 7) is 5.49. The first kappa shape index (κ1) is 20.4. The van der Waals surface area contributed by atoms with Crippen molar-refractivity contribution in [3.8, 4) is 0 Å². The second-order valence-corrected chi connectivity index (χ2v) is 8.38. The molecule has 0 aliphatic carbocycles. The lowest BCUT2D eigenvalue weighted by Gasteiger charge is -2.30. The Morgan fingerprint density at radius 2 is 2.03 bits per heavy atom. The summed E-state index contributed by atoms with van der Waals surface area (Å²) in [5, 5.41) is 3.55. The Balaban J connectivity index is 1.40. The SMILES string of the molecule is CCOC(=O)c1cc(CC)sc1NC(=O)C1CCN(c2nc3ccccc3o2)CC1. The van der Waals surface area contributed by atoms with Crippen molar-refractivity contribution in [3.05, 3.63) is 40.8 Å². The van der Waals surface area contributed by atoms with Gasteiger partial charge in [0.1, 0.15) is 10.5 Å². The fourth-order valence-corrected chi connectivity index (χ4v) is 4.60. The first-order valence-corrected chi connectivity index (χ1v) is 11.1. The fraction of sp³-hybridized carbons (Fsp3) is 0.409. The van der Waals surface area contributed by atoms with Crippen molar-refractivity contribution in [3.63, 3.8) is 0 Å². The third kappa shape index (κ3) is 4.18. The molecule has 0 atom stereocenters. The molecule has 1 saturated heterocycles. The minimum absolute atomic E-state index is 0.0535. The number of rotatable bonds is 6. The zero-order chi connectivity index (χ0) is 21.1. The summed E-state index contributed by atoms with van der Waals surface area (Å²) in [5.74, 6) is -0.565. The number of esters is 1. The number of thiophene rings is 1. The van der Waals surface area contributed by atoms with E-state index in [0.29, 0.717) is 49.1 Å². The summed E-state index contributed by atoms with van der Waals surface area (Å²) in [6, 6.07) is 10.1. The average molecular weight is 428 g/mol. The molecule has 1 N–H and O–H groups in total. The van der Waals surface area contributed by atoms with Gasteiger partial charge in [-0.25, -0.2) is 4.79 Å². The topological polar surface area (TPSA) is 84.7 Å². The Bertz CT molecular complexity index is 1020. The van der Waals surface area contributed by atoms with Gasteiger partial charge in [0.05, 0.1) is 12.2 Å². The number of fused-ring (bicyclic) bond motifs is 1. The summed E-state index contributed by atoms with van der Waals surface area (Å²) in [5.41, 5.74) is 2.04. The van der Waals surface area contributed by atoms with Gasteiger partial charge in [-0.3, -0.25) is 4.79 Å². The van der Waals surface area contributed by atoms with E-state index < -0.39 is 5.97 Å². The number of anilines is 2. The third-order valence-corrected chi connectivity index (χ3v) is 6.48. The first-order valence-electron chi connectivity index (χ1n) is 10.3. The number of carbonyl (C=O) groups is 2. The molecule has 3 aromatic rings. The minimum atomic E-state index is -0.394. The van der Waals surface area contributed by atoms with Crippen LogP contribution in [0.5, 0.6) is 0 Å². The Morgan fingerprint density at radius 3 is 2.73 bits per heavy atom. The lowest BCUT2D eigenvalue weighted by Crippen LogP contribution is -2.38. The van der Waals surface area contributed by atoms with Gasteiger partial charge in [-0.2, -0.15) is 4.98 Å². The van der Waals surface area contributed by atoms with E-state index in [0.717, 1.165) is 22.4 Å². The van der Waals surface area contributed by atoms with E-state index in [-0.39, 0.29) is 11.8 Å². The molecule has 158 valence electrons. The number of nitrogens with one attached hydrogen (secondary N) is 1. The van der Waals surface area contributed by atoms with Gasteiger partial charge in [-0.15, -0.1) is 11.3 Å². The van der Waals surface area contributed by atoms with Crippen molar-refractivity contribution in [2.45, 2.75) is 33.1 Å². The zero-order valence-corrected chi connectivity index (χ0v) is 18.0. The number of aryl methyl sites for hydroxylation is 1. The highest BCUT2D eigenvalue weighted by atomic mass is 32.1. The summed E-state index contributed by atoms with van der Waals surface area (Å²) in [4.78, 5) is 32.8. The molecule has 2 aromatic heterocycles. The number of nitrogens with zero attached hydrogens (tertiary/aromatic N) is 2. The lowest BCUT2D eigenvalue weighted by molar-refractivity contribution is -0.120. The third-order valence-electron chi connectivity index (χ3n) is 5.28. The molecule has 0 spiro atoms. The van der Waals surface area contributed by atoms with Crippen molar-refractivity contribution in [1.82, 2.24) is 4.98 Å². The number of hydrogen-bond acceptors (Lipinski definition) is 7. The van der Waals surface area contributed by atoms with Gasteiger partial charge in [0.15, 0.2) is 5.58 Å². The van der Waals surface area contributed by atoms with Crippen molar-refractivity contribution < 1.29 is 18.7 Å². The average Bonchev–Trinajstić information content (AvgIpc) is 3.38. The number of ether oxygens (including phenoxy) is 1. The van der Waals surface area contributed by atoms with Crippen LogP contribution in [0.25, 0.3) is 11.1 Å². The van der Waals surface area contributed by atoms with E-state index in [2.05, 4.69) is 15.2 Å². The van der Waals surface area contributed by atoms with E-state index in [4.69, 9.17) is 9.15 Å². The smallest absolute Gasteiger partial charge is 0.341 e. The van der Waals surface area contributed by atoms with Crippen LogP contribution < -0.4 is 10.2 Å². The molecule has 1 fully saturated rings. The molecule has 0 unspecified atom stereocenters. The largest absolute Gasteiger partial charge is 0.462 e. The van der Waals surface area contributed by atoms with Gasteiger partial charge in [0.2, 0.25) is 5.91 Å². The highest BCUT2D eigenvalue weighted by Gasteiger charge is 2.28. The Labute approximate surface area is 179 Å². The summed E-state index contributed by atoms with van der Waals surface area (Å²) >= 11 is 1.44. The quantitative estimate of drug-likeness (QED) is 0.584. The predicted molar refractivity (Wildman–Crippen MR) is 117 cm³/mol. The van der Waals surface area contributed by atoms with E-state index >= 15 is 0 Å². The predicted octanol–water partition coefficient (Wildman–Crippen LogP) is 4.48. The van der Waals surface area contributed by atoms with Crippen molar-refractivity contribution >= 4 is 45.3 Å². The summed E-state index contributed by atoms with van der Waals surface area (Å²) < 4.78 is 11.0. The molecule has 0 radical (unpaired) electrons. The lowest BCUT2D eigenvalue weighted by atomic mass is 9.96. The Morgan fingerprint density at radius 1 is 1.27 bits per heavy atom. The van der Waals surface area contributed by atoms with Gasteiger partial charge in [0, 0.05) is 23.9 Å². The highest BCUT2D eigenvalue weighted by Crippen LogP contribution is 2.31. The van der Waals surface area contributed by atoms with E-state index in [1.807, 2.05) is 37.3 Å². The zero-order valence-electron chi connectivity index (χ0n) is 17.1. The maximum atomic E-state index is 12.9. The number of aromatic nitrogens is 1. The van der Waals surface area contributed by atoms with Crippen LogP contribution in [0.4, 0.5) is 11.0 Å². The van der Waals surface area contributed by atoms with E-state index in [1.165, 1.54) is 11.3 Å². The van der Waals surface area contributed by atoms with Gasteiger partial charge < -0.3 is 19.4 Å². The van der Waals surface area contributed by atoms with Crippen LogP contribution in [0, 0.1) is 5.92 Å². The minimum Gasteiger partial charge on any atom is -0.462 e. The molecule has 0 saturated carbocycles. The Kier molecular flexibility index (Phi) is 6.03. The van der Waals surface area contributed by atoms with Gasteiger partial charge in [-0.05, 0) is 44.4 Å². The number of para-hydroxylation sites is 2. The molecule has 8 heteroatoms. The normalized spacial score (nSPS) is 14.8. The van der Waals surface area contributed by atoms with Crippen LogP contribution >= 0.6 is 11.3 Å². The number of amides is 1. The maximum Gasteiger partial charge on any atom is 0.341 e. The van der Waals surface area contributed by atoms with Crippen LogP contribution in [-0.2, 0) is 16.0 Å². The molecular weight excluding hydrogens is 402 g/mol. The molecule has 1 aromatic carbocycles. The molecule has 0 bridgehead atoms. The monoisotopic (exact) mass is 427 g/mol. The standard InChI is InChI=1S/C22H25N3O4S/c1-3-15-13-16(21(27)28-4-2)20(30-15)24-19(26)14-9-11-25(12-10-14)22-23-17-7-5-6-8-18(17)29-22/h5-8,13-14H,3-4,9-12H2,1-2H3,(H,24,26). The molecule has 1 aliphatic rings. The van der Waals surface area contributed by atoms with Crippen molar-refractivity contribution in [2.75, 3.05) is 29.9 Å². The fourth-order valence-electron chi connectivity index (χ4n) is 3.61. The number of hydrogen-bond donors (Lipinski definition) is 1. The van der Waals surface area contributed by atoms with Crippen molar-refractivity contribution in [2.24, 2.45) is 5.92 Å². The van der Waals surface area contributed by atoms with E-state index in [1.54, 1.807) is 6.92 Å². The van der Waals surface area contributed by atoms with Gasteiger partial charge >= 0.3 is 5.97 Å². The van der Waals surface area contributed by atoms with Gasteiger partial charge in [0.25, 0.3) is 6.01 Å². The molecule has 3 heterocycles. The molecule has 1 aliphatic heterocycles. The highest BCUT2D eigenvalue weighted by molar-refractivity contribution is 7.16. The van der Waals surface area contributed by atoms with Crippen LogP contribution in [0.15, 0.2) is 34.7 Å². The summed E-state index contributed by atoms with van der Waals surface area (Å²) in [6.07, 6.45) is 2.20. The molecule has 7 nitrogen and oxygen atoms in total. The number of oxazole rings is 1. The van der Waals surface area contributed by atoms with Gasteiger partial charge in [-0.1, -0.05) is 19.1 Å². The molecule has 4 rings (SSSR count). The molecule has 1 amide bonds. The number of benzene rings is 1. The van der Waals surface area contributed by atoms with Crippen LogP contribution in [0.2, 0.25) is 0 Å². The molecular formula is C22H25N3O4S. The van der Waals surface area contributed by atoms with Crippen LogP contribution in [-0.4, -0.2) is 36.6 Å². The van der Waals surface area contributed by atoms with Crippen molar-refractivity contribution in [1.29, 1.82) is 0 Å².